The zero-order valence-electron chi connectivity index (χ0n) is 24.2. The Bertz CT molecular complexity index is 1690. The van der Waals surface area contributed by atoms with Crippen molar-refractivity contribution in [2.24, 2.45) is 5.92 Å². The predicted molar refractivity (Wildman–Crippen MR) is 165 cm³/mol. The minimum absolute atomic E-state index is 0.0225. The lowest BCUT2D eigenvalue weighted by Gasteiger charge is -2.19. The number of tetrazole rings is 1. The van der Waals surface area contributed by atoms with Gasteiger partial charge < -0.3 is 26.4 Å². The molecule has 0 saturated heterocycles. The number of anilines is 3. The number of carboxylic acids is 1. The van der Waals surface area contributed by atoms with E-state index in [2.05, 4.69) is 36.8 Å². The van der Waals surface area contributed by atoms with E-state index in [0.29, 0.717) is 23.4 Å². The molecule has 0 bridgehead atoms. The molecule has 0 fully saturated rings. The highest BCUT2D eigenvalue weighted by Gasteiger charge is 2.26. The summed E-state index contributed by atoms with van der Waals surface area (Å²) in [4.78, 5) is 62.7. The van der Waals surface area contributed by atoms with Crippen LogP contribution in [0, 0.1) is 5.92 Å². The third-order valence-corrected chi connectivity index (χ3v) is 6.54. The molecule has 0 spiro atoms. The highest BCUT2D eigenvalue weighted by molar-refractivity contribution is 6.40. The standard InChI is InChI=1S/C30H29ClN8O6/c1-17(2)13-26(40)33-21-8-3-18(4-9-21)14-24(27(41)34-22-10-5-19(6-11-22)30(44)45)36-29(43)28(42)35-23-15-20(31)7-12-25(23)39-16-32-37-38-39/h3-12,15-17,24H,13-14H2,1-2H3,(H,33,40)(H,34,41)(H,35,42)(H,36,43)(H,44,45)/t24-/m0/s1. The summed E-state index contributed by atoms with van der Waals surface area (Å²) >= 11 is 6.10. The van der Waals surface area contributed by atoms with Crippen LogP contribution in [-0.2, 0) is 25.6 Å². The number of carboxylic acid groups (broad SMARTS) is 1. The summed E-state index contributed by atoms with van der Waals surface area (Å²) in [5.41, 5.74) is 1.97. The van der Waals surface area contributed by atoms with Gasteiger partial charge in [0.15, 0.2) is 0 Å². The van der Waals surface area contributed by atoms with Crippen molar-refractivity contribution in [3.63, 3.8) is 0 Å². The molecule has 15 heteroatoms. The number of aromatic nitrogens is 4. The summed E-state index contributed by atoms with van der Waals surface area (Å²) in [7, 11) is 0. The number of hydrogen-bond donors (Lipinski definition) is 5. The largest absolute Gasteiger partial charge is 0.478 e. The minimum Gasteiger partial charge on any atom is -0.478 e. The normalized spacial score (nSPS) is 11.4. The molecule has 5 N–H and O–H groups in total. The average molecular weight is 633 g/mol. The van der Waals surface area contributed by atoms with Crippen LogP contribution in [0.1, 0.15) is 36.2 Å². The molecule has 45 heavy (non-hydrogen) atoms. The summed E-state index contributed by atoms with van der Waals surface area (Å²) in [6, 6.07) is 15.4. The number of nitrogens with zero attached hydrogens (tertiary/aromatic N) is 4. The number of aromatic carboxylic acids is 1. The molecule has 14 nitrogen and oxygen atoms in total. The molecule has 0 saturated carbocycles. The first kappa shape index (κ1) is 32.3. The van der Waals surface area contributed by atoms with E-state index in [1.807, 2.05) is 13.8 Å². The van der Waals surface area contributed by atoms with Gasteiger partial charge in [-0.1, -0.05) is 37.6 Å². The number of rotatable bonds is 11. The van der Waals surface area contributed by atoms with Crippen LogP contribution in [-0.4, -0.2) is 61.0 Å². The molecule has 0 aliphatic heterocycles. The van der Waals surface area contributed by atoms with Gasteiger partial charge in [-0.25, -0.2) is 4.79 Å². The summed E-state index contributed by atoms with van der Waals surface area (Å²) in [6.45, 7) is 3.87. The van der Waals surface area contributed by atoms with E-state index in [4.69, 9.17) is 16.7 Å². The number of halogens is 1. The Labute approximate surface area is 262 Å². The van der Waals surface area contributed by atoms with Gasteiger partial charge in [0.25, 0.3) is 0 Å². The monoisotopic (exact) mass is 632 g/mol. The number of carbonyl (C=O) groups excluding carboxylic acids is 4. The third kappa shape index (κ3) is 9.18. The number of nitrogens with one attached hydrogen (secondary N) is 4. The number of amides is 4. The van der Waals surface area contributed by atoms with Crippen LogP contribution in [0.5, 0.6) is 0 Å². The van der Waals surface area contributed by atoms with E-state index in [-0.39, 0.29) is 40.2 Å². The molecule has 0 unspecified atom stereocenters. The van der Waals surface area contributed by atoms with Gasteiger partial charge in [-0.3, -0.25) is 19.2 Å². The first-order valence-corrected chi connectivity index (χ1v) is 14.0. The number of hydrogen-bond acceptors (Lipinski definition) is 8. The zero-order chi connectivity index (χ0) is 32.5. The summed E-state index contributed by atoms with van der Waals surface area (Å²) in [6.07, 6.45) is 1.63. The fourth-order valence-corrected chi connectivity index (χ4v) is 4.33. The average Bonchev–Trinajstić information content (AvgIpc) is 3.52. The van der Waals surface area contributed by atoms with E-state index in [0.717, 1.165) is 0 Å². The Balaban J connectivity index is 1.51. The van der Waals surface area contributed by atoms with Crippen molar-refractivity contribution >= 4 is 58.3 Å². The fourth-order valence-electron chi connectivity index (χ4n) is 4.16. The summed E-state index contributed by atoms with van der Waals surface area (Å²) in [5.74, 6) is -3.93. The van der Waals surface area contributed by atoms with Gasteiger partial charge in [-0.05, 0) is 76.5 Å². The number of carbonyl (C=O) groups is 5. The first-order chi connectivity index (χ1) is 21.5. The second-order valence-electron chi connectivity index (χ2n) is 10.3. The van der Waals surface area contributed by atoms with Crippen LogP contribution in [0.4, 0.5) is 17.1 Å². The predicted octanol–water partition coefficient (Wildman–Crippen LogP) is 3.30. The molecule has 4 amide bonds. The Morgan fingerprint density at radius 1 is 0.867 bits per heavy atom. The van der Waals surface area contributed by atoms with Crippen molar-refractivity contribution in [3.8, 4) is 5.69 Å². The van der Waals surface area contributed by atoms with Gasteiger partial charge in [0.1, 0.15) is 12.4 Å². The molecule has 4 rings (SSSR count). The Morgan fingerprint density at radius 3 is 2.16 bits per heavy atom. The van der Waals surface area contributed by atoms with E-state index in [1.165, 1.54) is 41.3 Å². The Morgan fingerprint density at radius 2 is 1.53 bits per heavy atom. The Hall–Kier alpha value is -5.63. The lowest BCUT2D eigenvalue weighted by atomic mass is 10.0. The lowest BCUT2D eigenvalue weighted by molar-refractivity contribution is -0.137. The van der Waals surface area contributed by atoms with Gasteiger partial charge in [-0.2, -0.15) is 4.68 Å². The second kappa shape index (κ2) is 14.7. The molecule has 4 aromatic rings. The molecule has 3 aromatic carbocycles. The van der Waals surface area contributed by atoms with Crippen LogP contribution in [0.25, 0.3) is 5.69 Å². The fraction of sp³-hybridized carbons (Fsp3) is 0.200. The van der Waals surface area contributed by atoms with Crippen molar-refractivity contribution in [2.75, 3.05) is 16.0 Å². The van der Waals surface area contributed by atoms with Crippen LogP contribution >= 0.6 is 11.6 Å². The maximum atomic E-state index is 13.3. The van der Waals surface area contributed by atoms with Gasteiger partial charge in [0, 0.05) is 29.2 Å². The lowest BCUT2D eigenvalue weighted by Crippen LogP contribution is -2.49. The van der Waals surface area contributed by atoms with Crippen LogP contribution in [0.15, 0.2) is 73.1 Å². The van der Waals surface area contributed by atoms with Crippen LogP contribution in [0.2, 0.25) is 5.02 Å². The topological polar surface area (TPSA) is 197 Å². The smallest absolute Gasteiger partial charge is 0.335 e. The summed E-state index contributed by atoms with van der Waals surface area (Å²) in [5, 5.41) is 30.7. The van der Waals surface area contributed by atoms with Gasteiger partial charge in [0.05, 0.1) is 16.9 Å². The maximum absolute atomic E-state index is 13.3. The van der Waals surface area contributed by atoms with E-state index >= 15 is 0 Å². The van der Waals surface area contributed by atoms with Crippen molar-refractivity contribution < 1.29 is 29.1 Å². The highest BCUT2D eigenvalue weighted by Crippen LogP contribution is 2.24. The SMILES string of the molecule is CC(C)CC(=O)Nc1ccc(C[C@H](NC(=O)C(=O)Nc2cc(Cl)ccc2-n2cnnn2)C(=O)Nc2ccc(C(=O)O)cc2)cc1. The highest BCUT2D eigenvalue weighted by atomic mass is 35.5. The van der Waals surface area contributed by atoms with E-state index in [1.54, 1.807) is 36.4 Å². The molecule has 1 aromatic heterocycles. The van der Waals surface area contributed by atoms with E-state index < -0.39 is 29.7 Å². The molecule has 0 aliphatic carbocycles. The molecule has 0 radical (unpaired) electrons. The third-order valence-electron chi connectivity index (χ3n) is 6.30. The molecule has 1 atom stereocenters. The quantitative estimate of drug-likeness (QED) is 0.154. The van der Waals surface area contributed by atoms with Crippen molar-refractivity contribution in [2.45, 2.75) is 32.7 Å². The van der Waals surface area contributed by atoms with Gasteiger partial charge in [0.2, 0.25) is 11.8 Å². The molecular weight excluding hydrogens is 604 g/mol. The van der Waals surface area contributed by atoms with Crippen molar-refractivity contribution in [3.05, 3.63) is 89.2 Å². The molecule has 232 valence electrons. The van der Waals surface area contributed by atoms with Gasteiger partial charge in [-0.15, -0.1) is 5.10 Å². The van der Waals surface area contributed by atoms with Gasteiger partial charge >= 0.3 is 17.8 Å². The summed E-state index contributed by atoms with van der Waals surface area (Å²) < 4.78 is 1.27. The second-order valence-corrected chi connectivity index (χ2v) is 10.8. The van der Waals surface area contributed by atoms with Crippen LogP contribution < -0.4 is 21.3 Å². The minimum atomic E-state index is -1.23. The van der Waals surface area contributed by atoms with Crippen molar-refractivity contribution in [1.29, 1.82) is 0 Å². The first-order valence-electron chi connectivity index (χ1n) is 13.7. The van der Waals surface area contributed by atoms with Crippen molar-refractivity contribution in [1.82, 2.24) is 25.5 Å². The zero-order valence-corrected chi connectivity index (χ0v) is 24.9. The maximum Gasteiger partial charge on any atom is 0.335 e. The van der Waals surface area contributed by atoms with Crippen LogP contribution in [0.3, 0.4) is 0 Å². The molecular formula is C30H29ClN8O6. The van der Waals surface area contributed by atoms with E-state index in [9.17, 15) is 24.0 Å². The number of benzene rings is 3. The molecule has 1 heterocycles. The molecule has 0 aliphatic rings. The Kier molecular flexibility index (Phi) is 10.5.